The van der Waals surface area contributed by atoms with E-state index >= 15 is 0 Å². The van der Waals surface area contributed by atoms with Gasteiger partial charge in [-0.2, -0.15) is 4.98 Å². The van der Waals surface area contributed by atoms with E-state index in [4.69, 9.17) is 19.7 Å². The van der Waals surface area contributed by atoms with Gasteiger partial charge in [-0.25, -0.2) is 0 Å². The van der Waals surface area contributed by atoms with Gasteiger partial charge in [0, 0.05) is 0 Å². The summed E-state index contributed by atoms with van der Waals surface area (Å²) in [4.78, 5) is 4.34. The Balaban J connectivity index is 2.37. The Morgan fingerprint density at radius 1 is 1.30 bits per heavy atom. The lowest BCUT2D eigenvalue weighted by molar-refractivity contribution is 0.353. The van der Waals surface area contributed by atoms with Crippen molar-refractivity contribution < 1.29 is 14.0 Å². The molecule has 0 bridgehead atoms. The summed E-state index contributed by atoms with van der Waals surface area (Å²) in [6.07, 6.45) is 1.78. The number of benzene rings is 1. The molecule has 1 aromatic heterocycles. The lowest BCUT2D eigenvalue weighted by atomic mass is 10.1. The lowest BCUT2D eigenvalue weighted by Gasteiger charge is -2.09. The standard InChI is InChI=1S/C14H19N3O3/c1-4-6-10(15)13-16-14(20-17-13)9-7-5-8-11(18-2)12(9)19-3/h5,7-8,10H,4,6,15H2,1-3H3. The Kier molecular flexibility index (Phi) is 4.57. The molecule has 0 aliphatic rings. The van der Waals surface area contributed by atoms with E-state index in [-0.39, 0.29) is 6.04 Å². The maximum absolute atomic E-state index is 5.98. The largest absolute Gasteiger partial charge is 0.493 e. The number of hydrogen-bond donors (Lipinski definition) is 1. The first kappa shape index (κ1) is 14.3. The minimum Gasteiger partial charge on any atom is -0.493 e. The number of ether oxygens (including phenoxy) is 2. The van der Waals surface area contributed by atoms with Crippen LogP contribution in [0.3, 0.4) is 0 Å². The van der Waals surface area contributed by atoms with Crippen LogP contribution in [0.15, 0.2) is 22.7 Å². The summed E-state index contributed by atoms with van der Waals surface area (Å²) >= 11 is 0. The Labute approximate surface area is 117 Å². The molecule has 1 unspecified atom stereocenters. The van der Waals surface area contributed by atoms with E-state index in [9.17, 15) is 0 Å². The fourth-order valence-electron chi connectivity index (χ4n) is 1.99. The fraction of sp³-hybridized carbons (Fsp3) is 0.429. The smallest absolute Gasteiger partial charge is 0.261 e. The van der Waals surface area contributed by atoms with E-state index in [1.807, 2.05) is 18.2 Å². The van der Waals surface area contributed by atoms with Gasteiger partial charge in [-0.15, -0.1) is 0 Å². The minimum atomic E-state index is -0.214. The van der Waals surface area contributed by atoms with Crippen molar-refractivity contribution in [3.8, 4) is 23.0 Å². The second-order valence-corrected chi connectivity index (χ2v) is 4.39. The van der Waals surface area contributed by atoms with Crippen LogP contribution in [0.2, 0.25) is 0 Å². The monoisotopic (exact) mass is 277 g/mol. The Hall–Kier alpha value is -2.08. The van der Waals surface area contributed by atoms with Crippen LogP contribution in [0.4, 0.5) is 0 Å². The predicted octanol–water partition coefficient (Wildman–Crippen LogP) is 2.55. The molecular weight excluding hydrogens is 258 g/mol. The third-order valence-corrected chi connectivity index (χ3v) is 3.01. The highest BCUT2D eigenvalue weighted by Gasteiger charge is 2.19. The first-order valence-electron chi connectivity index (χ1n) is 6.51. The van der Waals surface area contributed by atoms with Gasteiger partial charge in [-0.3, -0.25) is 0 Å². The Morgan fingerprint density at radius 2 is 2.10 bits per heavy atom. The number of hydrogen-bond acceptors (Lipinski definition) is 6. The van der Waals surface area contributed by atoms with Crippen molar-refractivity contribution in [1.82, 2.24) is 10.1 Å². The minimum absolute atomic E-state index is 0.214. The highest BCUT2D eigenvalue weighted by atomic mass is 16.5. The summed E-state index contributed by atoms with van der Waals surface area (Å²) in [6.45, 7) is 2.06. The third kappa shape index (κ3) is 2.75. The van der Waals surface area contributed by atoms with Crippen LogP contribution in [0.25, 0.3) is 11.5 Å². The summed E-state index contributed by atoms with van der Waals surface area (Å²) in [5.41, 5.74) is 6.67. The molecule has 20 heavy (non-hydrogen) atoms. The van der Waals surface area contributed by atoms with Gasteiger partial charge in [0.15, 0.2) is 17.3 Å². The van der Waals surface area contributed by atoms with Crippen LogP contribution in [0.5, 0.6) is 11.5 Å². The molecule has 6 nitrogen and oxygen atoms in total. The van der Waals surface area contributed by atoms with Crippen molar-refractivity contribution in [2.45, 2.75) is 25.8 Å². The summed E-state index contributed by atoms with van der Waals surface area (Å²) < 4.78 is 15.9. The van der Waals surface area contributed by atoms with Crippen LogP contribution >= 0.6 is 0 Å². The van der Waals surface area contributed by atoms with Crippen LogP contribution in [0.1, 0.15) is 31.6 Å². The molecule has 0 fully saturated rings. The molecule has 2 rings (SSSR count). The average molecular weight is 277 g/mol. The maximum Gasteiger partial charge on any atom is 0.261 e. The summed E-state index contributed by atoms with van der Waals surface area (Å²) in [5.74, 6) is 2.06. The van der Waals surface area contributed by atoms with Crippen molar-refractivity contribution in [3.05, 3.63) is 24.0 Å². The van der Waals surface area contributed by atoms with Crippen LogP contribution < -0.4 is 15.2 Å². The molecule has 1 heterocycles. The molecule has 1 atom stereocenters. The molecule has 2 aromatic rings. The number of aromatic nitrogens is 2. The van der Waals surface area contributed by atoms with Crippen molar-refractivity contribution >= 4 is 0 Å². The zero-order chi connectivity index (χ0) is 14.5. The molecule has 1 aromatic carbocycles. The van der Waals surface area contributed by atoms with E-state index in [1.54, 1.807) is 14.2 Å². The fourth-order valence-corrected chi connectivity index (χ4v) is 1.99. The van der Waals surface area contributed by atoms with Gasteiger partial charge in [0.1, 0.15) is 0 Å². The van der Waals surface area contributed by atoms with Gasteiger partial charge in [0.05, 0.1) is 25.8 Å². The van der Waals surface area contributed by atoms with Gasteiger partial charge in [-0.05, 0) is 18.6 Å². The first-order chi connectivity index (χ1) is 9.71. The van der Waals surface area contributed by atoms with E-state index in [2.05, 4.69) is 17.1 Å². The molecule has 0 radical (unpaired) electrons. The van der Waals surface area contributed by atoms with Gasteiger partial charge < -0.3 is 19.7 Å². The number of nitrogens with two attached hydrogens (primary N) is 1. The van der Waals surface area contributed by atoms with Crippen molar-refractivity contribution in [3.63, 3.8) is 0 Å². The lowest BCUT2D eigenvalue weighted by Crippen LogP contribution is -2.11. The molecule has 0 aliphatic heterocycles. The van der Waals surface area contributed by atoms with Crippen molar-refractivity contribution in [2.75, 3.05) is 14.2 Å². The number of methoxy groups -OCH3 is 2. The van der Waals surface area contributed by atoms with E-state index < -0.39 is 0 Å². The molecule has 0 amide bonds. The van der Waals surface area contributed by atoms with Gasteiger partial charge in [0.2, 0.25) is 0 Å². The van der Waals surface area contributed by atoms with E-state index in [0.717, 1.165) is 12.8 Å². The van der Waals surface area contributed by atoms with E-state index in [1.165, 1.54) is 0 Å². The van der Waals surface area contributed by atoms with Crippen molar-refractivity contribution in [1.29, 1.82) is 0 Å². The molecule has 6 heteroatoms. The summed E-state index contributed by atoms with van der Waals surface area (Å²) in [5, 5.41) is 3.93. The van der Waals surface area contributed by atoms with Crippen LogP contribution in [0, 0.1) is 0 Å². The van der Waals surface area contributed by atoms with Crippen LogP contribution in [-0.4, -0.2) is 24.4 Å². The molecule has 108 valence electrons. The van der Waals surface area contributed by atoms with Crippen molar-refractivity contribution in [2.24, 2.45) is 5.73 Å². The summed E-state index contributed by atoms with van der Waals surface area (Å²) in [6, 6.07) is 5.27. The molecule has 0 saturated heterocycles. The molecule has 2 N–H and O–H groups in total. The van der Waals surface area contributed by atoms with Gasteiger partial charge in [-0.1, -0.05) is 24.6 Å². The number of rotatable bonds is 6. The van der Waals surface area contributed by atoms with Crippen LogP contribution in [-0.2, 0) is 0 Å². The molecule has 0 spiro atoms. The number of nitrogens with zero attached hydrogens (tertiary/aromatic N) is 2. The second-order valence-electron chi connectivity index (χ2n) is 4.39. The maximum atomic E-state index is 5.98. The second kappa shape index (κ2) is 6.38. The predicted molar refractivity (Wildman–Crippen MR) is 74.7 cm³/mol. The highest BCUT2D eigenvalue weighted by molar-refractivity contribution is 5.67. The SMILES string of the molecule is CCCC(N)c1noc(-c2cccc(OC)c2OC)n1. The van der Waals surface area contributed by atoms with E-state index in [0.29, 0.717) is 28.8 Å². The average Bonchev–Trinajstić information content (AvgIpc) is 2.96. The third-order valence-electron chi connectivity index (χ3n) is 3.01. The quantitative estimate of drug-likeness (QED) is 0.873. The van der Waals surface area contributed by atoms with Gasteiger partial charge >= 0.3 is 0 Å². The highest BCUT2D eigenvalue weighted by Crippen LogP contribution is 2.37. The normalized spacial score (nSPS) is 12.2. The Bertz CT molecular complexity index is 569. The number of para-hydroxylation sites is 1. The first-order valence-corrected chi connectivity index (χ1v) is 6.51. The topological polar surface area (TPSA) is 83.4 Å². The van der Waals surface area contributed by atoms with Gasteiger partial charge in [0.25, 0.3) is 5.89 Å². The summed E-state index contributed by atoms with van der Waals surface area (Å²) in [7, 11) is 3.15. The molecule has 0 aliphatic carbocycles. The zero-order valence-electron chi connectivity index (χ0n) is 11.9. The Morgan fingerprint density at radius 3 is 2.75 bits per heavy atom. The molecular formula is C14H19N3O3. The molecule has 0 saturated carbocycles. The zero-order valence-corrected chi connectivity index (χ0v) is 11.9.